The van der Waals surface area contributed by atoms with E-state index < -0.39 is 23.9 Å². The monoisotopic (exact) mass is 375 g/mol. The lowest BCUT2D eigenvalue weighted by Gasteiger charge is -2.19. The molecule has 0 radical (unpaired) electrons. The first-order chi connectivity index (χ1) is 12.4. The Hall–Kier alpha value is -2.87. The number of carbonyl (C=O) groups is 3. The number of aliphatic carboxylic acids is 1. The molecular weight excluding hydrogens is 354 g/mol. The van der Waals surface area contributed by atoms with Gasteiger partial charge in [-0.3, -0.25) is 10.1 Å². The molecule has 0 saturated carbocycles. The van der Waals surface area contributed by atoms with Crippen molar-refractivity contribution in [3.05, 3.63) is 47.3 Å². The van der Waals surface area contributed by atoms with Gasteiger partial charge in [0.25, 0.3) is 5.91 Å². The molecule has 1 aromatic heterocycles. The Balaban J connectivity index is 1.96. The number of rotatable bonds is 7. The summed E-state index contributed by atoms with van der Waals surface area (Å²) in [6.07, 6.45) is 0.633. The number of anilines is 2. The van der Waals surface area contributed by atoms with E-state index in [1.165, 1.54) is 0 Å². The van der Waals surface area contributed by atoms with Crippen molar-refractivity contribution in [3.8, 4) is 0 Å². The van der Waals surface area contributed by atoms with Crippen LogP contribution in [0.1, 0.15) is 29.9 Å². The lowest BCUT2D eigenvalue weighted by atomic mass is 9.99. The van der Waals surface area contributed by atoms with Gasteiger partial charge in [-0.25, -0.2) is 9.59 Å². The van der Waals surface area contributed by atoms with Gasteiger partial charge in [-0.05, 0) is 30.2 Å². The zero-order valence-corrected chi connectivity index (χ0v) is 15.3. The molecule has 26 heavy (non-hydrogen) atoms. The summed E-state index contributed by atoms with van der Waals surface area (Å²) in [6.45, 7) is 3.64. The van der Waals surface area contributed by atoms with E-state index in [0.717, 1.165) is 11.3 Å². The fourth-order valence-corrected chi connectivity index (χ4v) is 3.02. The second-order valence-corrected chi connectivity index (χ2v) is 6.87. The van der Waals surface area contributed by atoms with Gasteiger partial charge in [0, 0.05) is 5.69 Å². The molecule has 1 heterocycles. The maximum Gasteiger partial charge on any atom is 0.326 e. The van der Waals surface area contributed by atoms with Crippen LogP contribution in [0.4, 0.5) is 15.5 Å². The summed E-state index contributed by atoms with van der Waals surface area (Å²) >= 11 is 1.08. The van der Waals surface area contributed by atoms with Crippen molar-refractivity contribution < 1.29 is 19.5 Å². The number of thiophene rings is 1. The molecule has 1 aromatic carbocycles. The number of amides is 3. The van der Waals surface area contributed by atoms with E-state index in [0.29, 0.717) is 22.0 Å². The summed E-state index contributed by atoms with van der Waals surface area (Å²) in [5.41, 5.74) is 0.650. The topological polar surface area (TPSA) is 108 Å². The number of urea groups is 1. The highest BCUT2D eigenvalue weighted by Gasteiger charge is 2.26. The molecule has 2 atom stereocenters. The number of carboxylic acids is 1. The van der Waals surface area contributed by atoms with Gasteiger partial charge in [0.05, 0.1) is 9.88 Å². The highest BCUT2D eigenvalue weighted by Crippen LogP contribution is 2.22. The van der Waals surface area contributed by atoms with Crippen molar-refractivity contribution in [2.75, 3.05) is 10.6 Å². The predicted octanol–water partition coefficient (Wildman–Crippen LogP) is 3.62. The van der Waals surface area contributed by atoms with Crippen molar-refractivity contribution in [2.45, 2.75) is 26.3 Å². The van der Waals surface area contributed by atoms with Crippen LogP contribution in [-0.2, 0) is 4.79 Å². The van der Waals surface area contributed by atoms with E-state index in [9.17, 15) is 19.5 Å². The molecule has 7 nitrogen and oxygen atoms in total. The Bertz CT molecular complexity index is 776. The third-order valence-electron chi connectivity index (χ3n) is 3.86. The third-order valence-corrected chi connectivity index (χ3v) is 4.86. The smallest absolute Gasteiger partial charge is 0.326 e. The Kier molecular flexibility index (Phi) is 6.74. The number of nitrogens with one attached hydrogen (secondary N) is 3. The van der Waals surface area contributed by atoms with Crippen LogP contribution < -0.4 is 16.0 Å². The average Bonchev–Trinajstić information content (AvgIpc) is 3.07. The Morgan fingerprint density at radius 3 is 2.38 bits per heavy atom. The van der Waals surface area contributed by atoms with Crippen LogP contribution in [0.5, 0.6) is 0 Å². The van der Waals surface area contributed by atoms with Crippen LogP contribution in [-0.4, -0.2) is 29.1 Å². The van der Waals surface area contributed by atoms with Gasteiger partial charge in [-0.15, -0.1) is 11.3 Å². The fourth-order valence-electron chi connectivity index (χ4n) is 2.22. The Morgan fingerprint density at radius 1 is 1.08 bits per heavy atom. The van der Waals surface area contributed by atoms with Gasteiger partial charge < -0.3 is 15.7 Å². The van der Waals surface area contributed by atoms with E-state index in [4.69, 9.17) is 0 Å². The average molecular weight is 375 g/mol. The molecule has 0 saturated heterocycles. The van der Waals surface area contributed by atoms with Gasteiger partial charge >= 0.3 is 12.0 Å². The summed E-state index contributed by atoms with van der Waals surface area (Å²) < 4.78 is 0. The van der Waals surface area contributed by atoms with Gasteiger partial charge in [0.2, 0.25) is 0 Å². The van der Waals surface area contributed by atoms with Gasteiger partial charge in [0.15, 0.2) is 0 Å². The first kappa shape index (κ1) is 19.5. The lowest BCUT2D eigenvalue weighted by molar-refractivity contribution is -0.140. The lowest BCUT2D eigenvalue weighted by Crippen LogP contribution is -2.44. The van der Waals surface area contributed by atoms with Crippen LogP contribution in [0.25, 0.3) is 0 Å². The van der Waals surface area contributed by atoms with E-state index in [-0.39, 0.29) is 5.92 Å². The fraction of sp³-hybridized carbons (Fsp3) is 0.278. The number of hydrogen-bond acceptors (Lipinski definition) is 4. The summed E-state index contributed by atoms with van der Waals surface area (Å²) in [4.78, 5) is 35.9. The molecule has 2 rings (SSSR count). The number of hydrogen-bond donors (Lipinski definition) is 4. The molecule has 2 aromatic rings. The molecule has 0 fully saturated rings. The predicted molar refractivity (Wildman–Crippen MR) is 102 cm³/mol. The second-order valence-electron chi connectivity index (χ2n) is 5.78. The minimum absolute atomic E-state index is 0.189. The zero-order chi connectivity index (χ0) is 19.1. The van der Waals surface area contributed by atoms with Crippen LogP contribution in [0, 0.1) is 5.92 Å². The summed E-state index contributed by atoms with van der Waals surface area (Å²) in [6, 6.07) is 10.7. The molecular formula is C18H21N3O4S. The quantitative estimate of drug-likeness (QED) is 0.593. The molecule has 4 N–H and O–H groups in total. The van der Waals surface area contributed by atoms with E-state index in [1.54, 1.807) is 43.3 Å². The minimum atomic E-state index is -1.06. The number of carboxylic acid groups (broad SMARTS) is 1. The Labute approximate surface area is 155 Å². The molecule has 138 valence electrons. The third kappa shape index (κ3) is 5.32. The molecule has 0 aliphatic heterocycles. The van der Waals surface area contributed by atoms with Gasteiger partial charge in [0.1, 0.15) is 6.04 Å². The highest BCUT2D eigenvalue weighted by molar-refractivity contribution is 7.18. The number of benzene rings is 1. The second kappa shape index (κ2) is 9.00. The summed E-state index contributed by atoms with van der Waals surface area (Å²) in [5.74, 6) is -1.73. The molecule has 0 unspecified atom stereocenters. The van der Waals surface area contributed by atoms with E-state index >= 15 is 0 Å². The van der Waals surface area contributed by atoms with Crippen molar-refractivity contribution in [3.63, 3.8) is 0 Å². The maximum absolute atomic E-state index is 12.3. The zero-order valence-electron chi connectivity index (χ0n) is 14.5. The van der Waals surface area contributed by atoms with Crippen LogP contribution in [0.15, 0.2) is 42.5 Å². The highest BCUT2D eigenvalue weighted by atomic mass is 32.1. The van der Waals surface area contributed by atoms with E-state index in [2.05, 4.69) is 16.0 Å². The molecule has 0 bridgehead atoms. The van der Waals surface area contributed by atoms with Gasteiger partial charge in [-0.2, -0.15) is 0 Å². The Morgan fingerprint density at radius 2 is 1.77 bits per heavy atom. The van der Waals surface area contributed by atoms with Crippen LogP contribution >= 0.6 is 11.3 Å². The first-order valence-corrected chi connectivity index (χ1v) is 8.99. The van der Waals surface area contributed by atoms with E-state index in [1.807, 2.05) is 13.0 Å². The van der Waals surface area contributed by atoms with Crippen LogP contribution in [0.3, 0.4) is 0 Å². The number of carbonyl (C=O) groups excluding carboxylic acids is 2. The largest absolute Gasteiger partial charge is 0.480 e. The maximum atomic E-state index is 12.3. The van der Waals surface area contributed by atoms with Crippen molar-refractivity contribution in [1.82, 2.24) is 5.32 Å². The van der Waals surface area contributed by atoms with Crippen molar-refractivity contribution in [2.24, 2.45) is 5.92 Å². The minimum Gasteiger partial charge on any atom is -0.480 e. The SMILES string of the molecule is CC[C@H](C)[C@H](NC(=O)c1ccc(NC(=O)Nc2ccccc2)s1)C(=O)O. The molecule has 0 spiro atoms. The molecule has 3 amide bonds. The van der Waals surface area contributed by atoms with Crippen molar-refractivity contribution >= 4 is 39.9 Å². The standard InChI is InChI=1S/C18H21N3O4S/c1-3-11(2)15(17(23)24)21-16(22)13-9-10-14(26-13)20-18(25)19-12-7-5-4-6-8-12/h4-11,15H,3H2,1-2H3,(H,21,22)(H,23,24)(H2,19,20,25)/t11-,15-/m0/s1. The summed E-state index contributed by atoms with van der Waals surface area (Å²) in [7, 11) is 0. The molecule has 0 aliphatic carbocycles. The number of para-hydroxylation sites is 1. The molecule has 8 heteroatoms. The normalized spacial score (nSPS) is 12.7. The van der Waals surface area contributed by atoms with Gasteiger partial charge in [-0.1, -0.05) is 38.5 Å². The van der Waals surface area contributed by atoms with Crippen LogP contribution in [0.2, 0.25) is 0 Å². The first-order valence-electron chi connectivity index (χ1n) is 8.17. The summed E-state index contributed by atoms with van der Waals surface area (Å²) in [5, 5.41) is 17.6. The van der Waals surface area contributed by atoms with Crippen molar-refractivity contribution in [1.29, 1.82) is 0 Å². The molecule has 0 aliphatic rings.